The number of fused-ring (bicyclic) bond motifs is 1. The molecule has 0 aromatic heterocycles. The zero-order valence-corrected chi connectivity index (χ0v) is 8.67. The lowest BCUT2D eigenvalue weighted by atomic mass is 9.78. The Morgan fingerprint density at radius 3 is 2.87 bits per heavy atom. The molecule has 3 rings (SSSR count). The lowest BCUT2D eigenvalue weighted by molar-refractivity contribution is -0.139. The van der Waals surface area contributed by atoms with Crippen LogP contribution >= 0.6 is 0 Å². The molecule has 1 aromatic rings. The van der Waals surface area contributed by atoms with Crippen LogP contribution in [0.1, 0.15) is 24.8 Å². The summed E-state index contributed by atoms with van der Waals surface area (Å²) >= 11 is 0. The molecule has 78 valence electrons. The summed E-state index contributed by atoms with van der Waals surface area (Å²) in [5.74, 6) is 0.833. The molecule has 3 heteroatoms. The molecule has 0 unspecified atom stereocenters. The van der Waals surface area contributed by atoms with Crippen LogP contribution < -0.4 is 10.1 Å². The van der Waals surface area contributed by atoms with E-state index in [9.17, 15) is 4.79 Å². The number of nitrogens with one attached hydrogen (secondary N) is 1. The summed E-state index contributed by atoms with van der Waals surface area (Å²) in [7, 11) is 0. The summed E-state index contributed by atoms with van der Waals surface area (Å²) in [4.78, 5) is 11.8. The van der Waals surface area contributed by atoms with Crippen LogP contribution in [0.25, 0.3) is 0 Å². The maximum atomic E-state index is 11.8. The Bertz CT molecular complexity index is 435. The molecule has 3 nitrogen and oxygen atoms in total. The van der Waals surface area contributed by atoms with Gasteiger partial charge >= 0.3 is 0 Å². The van der Waals surface area contributed by atoms with Crippen molar-refractivity contribution in [2.75, 3.05) is 5.32 Å². The van der Waals surface area contributed by atoms with E-state index >= 15 is 0 Å². The summed E-state index contributed by atoms with van der Waals surface area (Å²) in [5, 5.41) is 2.92. The fourth-order valence-corrected chi connectivity index (χ4v) is 2.14. The van der Waals surface area contributed by atoms with Crippen LogP contribution in [0.5, 0.6) is 5.75 Å². The van der Waals surface area contributed by atoms with Crippen LogP contribution in [0.4, 0.5) is 5.69 Å². The number of carbonyl (C=O) groups is 1. The number of ether oxygens (including phenoxy) is 1. The highest BCUT2D eigenvalue weighted by Crippen LogP contribution is 2.43. The SMILES string of the molecule is Cc1ccc2c(c1)OC1(CCC1)C(=O)N2. The summed E-state index contributed by atoms with van der Waals surface area (Å²) < 4.78 is 5.84. The maximum Gasteiger partial charge on any atom is 0.268 e. The average molecular weight is 203 g/mol. The molecule has 1 fully saturated rings. The highest BCUT2D eigenvalue weighted by atomic mass is 16.5. The van der Waals surface area contributed by atoms with Crippen molar-refractivity contribution in [2.24, 2.45) is 0 Å². The highest BCUT2D eigenvalue weighted by molar-refractivity contribution is 6.01. The molecule has 1 saturated carbocycles. The van der Waals surface area contributed by atoms with Crippen LogP contribution in [0.3, 0.4) is 0 Å². The van der Waals surface area contributed by atoms with Gasteiger partial charge in [-0.25, -0.2) is 0 Å². The quantitative estimate of drug-likeness (QED) is 0.702. The Kier molecular flexibility index (Phi) is 1.61. The second-order valence-corrected chi connectivity index (χ2v) is 4.40. The normalized spacial score (nSPS) is 21.3. The first kappa shape index (κ1) is 8.77. The molecule has 0 radical (unpaired) electrons. The molecular formula is C12H13NO2. The van der Waals surface area contributed by atoms with Crippen molar-refractivity contribution in [3.05, 3.63) is 23.8 Å². The molecule has 1 heterocycles. The van der Waals surface area contributed by atoms with Gasteiger partial charge in [-0.15, -0.1) is 0 Å². The van der Waals surface area contributed by atoms with Crippen LogP contribution in [0.2, 0.25) is 0 Å². The van der Waals surface area contributed by atoms with Gasteiger partial charge in [0.2, 0.25) is 0 Å². The van der Waals surface area contributed by atoms with E-state index in [4.69, 9.17) is 4.74 Å². The Hall–Kier alpha value is -1.51. The molecule has 0 saturated heterocycles. The van der Waals surface area contributed by atoms with Crippen LogP contribution in [-0.4, -0.2) is 11.5 Å². The van der Waals surface area contributed by atoms with Crippen LogP contribution in [0.15, 0.2) is 18.2 Å². The molecule has 1 aliphatic carbocycles. The number of benzene rings is 1. The van der Waals surface area contributed by atoms with Crippen molar-refractivity contribution in [1.29, 1.82) is 0 Å². The lowest BCUT2D eigenvalue weighted by Gasteiger charge is -2.43. The molecule has 1 spiro atoms. The number of hydrogen-bond acceptors (Lipinski definition) is 2. The number of amides is 1. The first-order valence-electron chi connectivity index (χ1n) is 5.31. The van der Waals surface area contributed by atoms with Crippen molar-refractivity contribution in [1.82, 2.24) is 0 Å². The number of hydrogen-bond donors (Lipinski definition) is 1. The van der Waals surface area contributed by atoms with E-state index in [0.717, 1.165) is 36.3 Å². The van der Waals surface area contributed by atoms with Crippen molar-refractivity contribution in [2.45, 2.75) is 31.8 Å². The van der Waals surface area contributed by atoms with Gasteiger partial charge in [-0.05, 0) is 43.9 Å². The third-order valence-corrected chi connectivity index (χ3v) is 3.27. The van der Waals surface area contributed by atoms with Gasteiger partial charge in [-0.3, -0.25) is 4.79 Å². The van der Waals surface area contributed by atoms with Crippen molar-refractivity contribution in [3.8, 4) is 5.75 Å². The average Bonchev–Trinajstić information content (AvgIpc) is 2.15. The zero-order chi connectivity index (χ0) is 10.5. The molecule has 0 atom stereocenters. The van der Waals surface area contributed by atoms with E-state index in [1.807, 2.05) is 25.1 Å². The Morgan fingerprint density at radius 1 is 1.40 bits per heavy atom. The first-order valence-corrected chi connectivity index (χ1v) is 5.31. The molecule has 1 N–H and O–H groups in total. The summed E-state index contributed by atoms with van der Waals surface area (Å²) in [5.41, 5.74) is 1.39. The number of anilines is 1. The minimum Gasteiger partial charge on any atom is -0.475 e. The minimum absolute atomic E-state index is 0.0186. The summed E-state index contributed by atoms with van der Waals surface area (Å²) in [6.45, 7) is 2.02. The largest absolute Gasteiger partial charge is 0.475 e. The zero-order valence-electron chi connectivity index (χ0n) is 8.67. The summed E-state index contributed by atoms with van der Waals surface area (Å²) in [6, 6.07) is 5.85. The van der Waals surface area contributed by atoms with E-state index < -0.39 is 5.60 Å². The van der Waals surface area contributed by atoms with E-state index in [1.54, 1.807) is 0 Å². The van der Waals surface area contributed by atoms with Gasteiger partial charge in [0, 0.05) is 0 Å². The fraction of sp³-hybridized carbons (Fsp3) is 0.417. The van der Waals surface area contributed by atoms with Crippen LogP contribution in [0, 0.1) is 6.92 Å². The number of rotatable bonds is 0. The predicted molar refractivity (Wildman–Crippen MR) is 57.0 cm³/mol. The van der Waals surface area contributed by atoms with Gasteiger partial charge in [0.05, 0.1) is 5.69 Å². The van der Waals surface area contributed by atoms with Gasteiger partial charge in [0.1, 0.15) is 5.75 Å². The van der Waals surface area contributed by atoms with Gasteiger partial charge in [-0.2, -0.15) is 0 Å². The van der Waals surface area contributed by atoms with E-state index in [0.29, 0.717) is 0 Å². The van der Waals surface area contributed by atoms with Crippen molar-refractivity contribution >= 4 is 11.6 Å². The smallest absolute Gasteiger partial charge is 0.268 e. The second-order valence-electron chi connectivity index (χ2n) is 4.40. The van der Waals surface area contributed by atoms with Crippen molar-refractivity contribution in [3.63, 3.8) is 0 Å². The van der Waals surface area contributed by atoms with Crippen molar-refractivity contribution < 1.29 is 9.53 Å². The molecule has 15 heavy (non-hydrogen) atoms. The highest BCUT2D eigenvalue weighted by Gasteiger charge is 2.49. The van der Waals surface area contributed by atoms with Gasteiger partial charge in [0.15, 0.2) is 5.60 Å². The van der Waals surface area contributed by atoms with Gasteiger partial charge in [-0.1, -0.05) is 6.07 Å². The van der Waals surface area contributed by atoms with Gasteiger partial charge in [0.25, 0.3) is 5.91 Å². The Labute approximate surface area is 88.4 Å². The molecule has 0 bridgehead atoms. The molecule has 1 amide bonds. The first-order chi connectivity index (χ1) is 7.20. The predicted octanol–water partition coefficient (Wildman–Crippen LogP) is 2.25. The number of aryl methyl sites for hydroxylation is 1. The molecule has 1 aromatic carbocycles. The molecule has 2 aliphatic rings. The Balaban J connectivity index is 2.03. The van der Waals surface area contributed by atoms with E-state index in [1.165, 1.54) is 0 Å². The minimum atomic E-state index is -0.555. The molecule has 1 aliphatic heterocycles. The topological polar surface area (TPSA) is 38.3 Å². The monoisotopic (exact) mass is 203 g/mol. The Morgan fingerprint density at radius 2 is 2.20 bits per heavy atom. The maximum absolute atomic E-state index is 11.8. The molecular weight excluding hydrogens is 190 g/mol. The fourth-order valence-electron chi connectivity index (χ4n) is 2.14. The van der Waals surface area contributed by atoms with Crippen LogP contribution in [-0.2, 0) is 4.79 Å². The third kappa shape index (κ3) is 1.16. The summed E-state index contributed by atoms with van der Waals surface area (Å²) in [6.07, 6.45) is 2.76. The van der Waals surface area contributed by atoms with E-state index in [-0.39, 0.29) is 5.91 Å². The van der Waals surface area contributed by atoms with E-state index in [2.05, 4.69) is 5.32 Å². The lowest BCUT2D eigenvalue weighted by Crippen LogP contribution is -2.55. The number of carbonyl (C=O) groups excluding carboxylic acids is 1. The third-order valence-electron chi connectivity index (χ3n) is 3.27. The van der Waals surface area contributed by atoms with Gasteiger partial charge < -0.3 is 10.1 Å². The standard InChI is InChI=1S/C12H13NO2/c1-8-3-4-9-10(7-8)15-12(5-2-6-12)11(14)13-9/h3-4,7H,2,5-6H2,1H3,(H,13,14). The second kappa shape index (κ2) is 2.75.